The summed E-state index contributed by atoms with van der Waals surface area (Å²) < 4.78 is 0. The number of amides is 2. The van der Waals surface area contributed by atoms with Crippen LogP contribution < -0.4 is 16.0 Å². The van der Waals surface area contributed by atoms with E-state index in [9.17, 15) is 24.6 Å². The second kappa shape index (κ2) is 11.8. The predicted molar refractivity (Wildman–Crippen MR) is 134 cm³/mol. The Morgan fingerprint density at radius 2 is 1.97 bits per heavy atom. The Labute approximate surface area is 209 Å². The lowest BCUT2D eigenvalue weighted by Crippen LogP contribution is -2.46. The number of rotatable bonds is 11. The molecule has 0 saturated heterocycles. The number of aliphatic imine (C=N–C) groups is 1. The Bertz CT molecular complexity index is 1170. The van der Waals surface area contributed by atoms with E-state index in [1.54, 1.807) is 24.3 Å². The summed E-state index contributed by atoms with van der Waals surface area (Å²) in [6, 6.07) is 9.73. The Kier molecular flexibility index (Phi) is 8.27. The molecular weight excluding hydrogens is 462 g/mol. The second-order valence-electron chi connectivity index (χ2n) is 9.01. The topological polar surface area (TPSA) is 153 Å². The van der Waals surface area contributed by atoms with Crippen molar-refractivity contribution < 1.29 is 24.6 Å². The molecule has 0 radical (unpaired) electrons. The third kappa shape index (κ3) is 6.25. The zero-order valence-corrected chi connectivity index (χ0v) is 20.0. The summed E-state index contributed by atoms with van der Waals surface area (Å²) in [6.45, 7) is 1.05. The molecule has 5 N–H and O–H groups in total. The van der Waals surface area contributed by atoms with Crippen molar-refractivity contribution in [2.24, 2.45) is 4.99 Å². The number of aliphatic carboxylic acids is 1. The smallest absolute Gasteiger partial charge is 0.326 e. The molecule has 2 aliphatic rings. The highest BCUT2D eigenvalue weighted by molar-refractivity contribution is 6.42. The quantitative estimate of drug-likeness (QED) is 0.300. The van der Waals surface area contributed by atoms with Crippen molar-refractivity contribution in [3.63, 3.8) is 0 Å². The van der Waals surface area contributed by atoms with Crippen LogP contribution in [0.15, 0.2) is 41.4 Å². The van der Waals surface area contributed by atoms with Crippen LogP contribution in [0.1, 0.15) is 55.0 Å². The van der Waals surface area contributed by atoms with Gasteiger partial charge in [-0.2, -0.15) is 0 Å². The van der Waals surface area contributed by atoms with Gasteiger partial charge < -0.3 is 26.2 Å². The van der Waals surface area contributed by atoms with Gasteiger partial charge in [0.1, 0.15) is 23.7 Å². The molecule has 2 amide bonds. The van der Waals surface area contributed by atoms with E-state index in [4.69, 9.17) is 0 Å². The Morgan fingerprint density at radius 3 is 2.78 bits per heavy atom. The first-order valence-electron chi connectivity index (χ1n) is 12.3. The number of aromatic nitrogens is 1. The van der Waals surface area contributed by atoms with Crippen molar-refractivity contribution in [3.05, 3.63) is 53.2 Å². The number of benzene rings is 1. The number of para-hydroxylation sites is 1. The summed E-state index contributed by atoms with van der Waals surface area (Å²) in [5.41, 5.74) is 3.09. The molecule has 2 unspecified atom stereocenters. The van der Waals surface area contributed by atoms with Crippen LogP contribution in [-0.4, -0.2) is 57.8 Å². The number of nitrogens with one attached hydrogen (secondary N) is 3. The maximum Gasteiger partial charge on any atom is 0.326 e. The van der Waals surface area contributed by atoms with E-state index >= 15 is 0 Å². The molecule has 1 aromatic heterocycles. The highest BCUT2D eigenvalue weighted by Crippen LogP contribution is 2.33. The van der Waals surface area contributed by atoms with Crippen LogP contribution in [0.3, 0.4) is 0 Å². The maximum atomic E-state index is 12.5. The van der Waals surface area contributed by atoms with Crippen molar-refractivity contribution in [1.29, 1.82) is 0 Å². The van der Waals surface area contributed by atoms with E-state index in [2.05, 4.69) is 32.0 Å². The molecule has 2 aromatic rings. The number of carboxylic acid groups (broad SMARTS) is 1. The van der Waals surface area contributed by atoms with E-state index in [1.807, 2.05) is 6.07 Å². The van der Waals surface area contributed by atoms with Crippen molar-refractivity contribution in [2.45, 2.75) is 57.1 Å². The number of hydrogen-bond acceptors (Lipinski definition) is 7. The van der Waals surface area contributed by atoms with Gasteiger partial charge in [-0.1, -0.05) is 24.3 Å². The monoisotopic (exact) mass is 493 g/mol. The van der Waals surface area contributed by atoms with Crippen LogP contribution in [0, 0.1) is 0 Å². The van der Waals surface area contributed by atoms with Gasteiger partial charge in [0.05, 0.1) is 5.69 Å². The van der Waals surface area contributed by atoms with Gasteiger partial charge in [-0.05, 0) is 56.2 Å². The van der Waals surface area contributed by atoms with Gasteiger partial charge in [0, 0.05) is 30.8 Å². The van der Waals surface area contributed by atoms with Gasteiger partial charge in [-0.15, -0.1) is 0 Å². The molecule has 2 atom stereocenters. The third-order valence-electron chi connectivity index (χ3n) is 6.36. The van der Waals surface area contributed by atoms with Crippen LogP contribution in [0.2, 0.25) is 0 Å². The van der Waals surface area contributed by atoms with Crippen LogP contribution in [0.4, 0.5) is 11.5 Å². The van der Waals surface area contributed by atoms with Gasteiger partial charge in [0.25, 0.3) is 5.91 Å². The van der Waals surface area contributed by atoms with Crippen molar-refractivity contribution >= 4 is 35.0 Å². The number of fused-ring (bicyclic) bond motifs is 2. The maximum absolute atomic E-state index is 12.5. The lowest BCUT2D eigenvalue weighted by molar-refractivity contribution is -0.141. The lowest BCUT2D eigenvalue weighted by Gasteiger charge is -2.17. The molecule has 0 fully saturated rings. The molecule has 36 heavy (non-hydrogen) atoms. The van der Waals surface area contributed by atoms with Crippen LogP contribution in [0.5, 0.6) is 0 Å². The summed E-state index contributed by atoms with van der Waals surface area (Å²) in [4.78, 5) is 45.1. The molecule has 10 heteroatoms. The zero-order chi connectivity index (χ0) is 25.5. The average Bonchev–Trinajstić information content (AvgIpc) is 3.22. The summed E-state index contributed by atoms with van der Waals surface area (Å²) >= 11 is 0. The molecule has 4 rings (SSSR count). The highest BCUT2D eigenvalue weighted by Gasteiger charge is 2.32. The molecule has 1 aromatic carbocycles. The number of aliphatic hydroxyl groups excluding tert-OH is 1. The molecule has 2 aliphatic heterocycles. The third-order valence-corrected chi connectivity index (χ3v) is 6.36. The molecule has 0 spiro atoms. The summed E-state index contributed by atoms with van der Waals surface area (Å²) in [7, 11) is 0. The number of hydrogen-bond donors (Lipinski definition) is 5. The molecule has 0 bridgehead atoms. The predicted octanol–water partition coefficient (Wildman–Crippen LogP) is 2.05. The van der Waals surface area contributed by atoms with Crippen LogP contribution in [-0.2, 0) is 27.2 Å². The summed E-state index contributed by atoms with van der Waals surface area (Å²) in [5, 5.41) is 28.3. The number of carbonyl (C=O) groups excluding carboxylic acids is 2. The zero-order valence-electron chi connectivity index (χ0n) is 20.0. The number of pyridine rings is 1. The molecule has 0 saturated carbocycles. The molecular formula is C26H31N5O5. The summed E-state index contributed by atoms with van der Waals surface area (Å²) in [6.07, 6.45) is 3.60. The largest absolute Gasteiger partial charge is 0.480 e. The van der Waals surface area contributed by atoms with E-state index in [0.29, 0.717) is 24.1 Å². The first-order valence-corrected chi connectivity index (χ1v) is 12.3. The van der Waals surface area contributed by atoms with E-state index in [1.165, 1.54) is 5.56 Å². The van der Waals surface area contributed by atoms with Crippen molar-refractivity contribution in [2.75, 3.05) is 18.4 Å². The lowest BCUT2D eigenvalue weighted by atomic mass is 10.1. The van der Waals surface area contributed by atoms with Gasteiger partial charge in [-0.25, -0.2) is 14.8 Å². The van der Waals surface area contributed by atoms with E-state index in [-0.39, 0.29) is 24.6 Å². The van der Waals surface area contributed by atoms with Crippen LogP contribution >= 0.6 is 0 Å². The fourth-order valence-electron chi connectivity index (χ4n) is 4.37. The van der Waals surface area contributed by atoms with Gasteiger partial charge >= 0.3 is 5.97 Å². The van der Waals surface area contributed by atoms with E-state index in [0.717, 1.165) is 43.7 Å². The van der Waals surface area contributed by atoms with Gasteiger partial charge in [-0.3, -0.25) is 9.59 Å². The van der Waals surface area contributed by atoms with Gasteiger partial charge in [0.2, 0.25) is 5.91 Å². The number of carbonyl (C=O) groups is 3. The minimum absolute atomic E-state index is 0.00911. The first kappa shape index (κ1) is 25.3. The summed E-state index contributed by atoms with van der Waals surface area (Å²) in [5.74, 6) is -1.18. The minimum Gasteiger partial charge on any atom is -0.480 e. The molecule has 190 valence electrons. The fraction of sp³-hybridized carbons (Fsp3) is 0.423. The number of nitrogens with zero attached hydrogens (tertiary/aromatic N) is 2. The Hall–Kier alpha value is -3.79. The van der Waals surface area contributed by atoms with Crippen LogP contribution in [0.25, 0.3) is 0 Å². The SMILES string of the molecule is O=C(CCCCc1ccc2c(n1)NCCC2)NCCC(NC(=O)C1=Nc2ccccc2C1O)C(=O)O. The average molecular weight is 494 g/mol. The first-order chi connectivity index (χ1) is 17.4. The second-order valence-corrected chi connectivity index (χ2v) is 9.01. The standard InChI is InChI=1S/C26H31N5O5/c32-21(10-4-1-7-17-12-11-16-6-5-14-28-24(16)29-17)27-15-13-20(26(35)36)31-25(34)22-23(33)18-8-2-3-9-19(18)30-22/h2-3,8-9,11-12,20,23,33H,1,4-7,10,13-15H2,(H,27,32)(H,28,29)(H,31,34)(H,35,36). The number of aryl methyl sites for hydroxylation is 2. The number of carboxylic acids is 1. The molecule has 10 nitrogen and oxygen atoms in total. The highest BCUT2D eigenvalue weighted by atomic mass is 16.4. The van der Waals surface area contributed by atoms with Crippen molar-refractivity contribution in [1.82, 2.24) is 15.6 Å². The normalized spacial score (nSPS) is 16.7. The number of aliphatic hydroxyl groups is 1. The fourth-order valence-corrected chi connectivity index (χ4v) is 4.37. The number of unbranched alkanes of at least 4 members (excludes halogenated alkanes) is 1. The van der Waals surface area contributed by atoms with E-state index < -0.39 is 24.0 Å². The molecule has 3 heterocycles. The van der Waals surface area contributed by atoms with Crippen molar-refractivity contribution in [3.8, 4) is 0 Å². The Morgan fingerprint density at radius 1 is 1.14 bits per heavy atom. The van der Waals surface area contributed by atoms with Gasteiger partial charge in [0.15, 0.2) is 0 Å². The molecule has 0 aliphatic carbocycles. The number of anilines is 1. The minimum atomic E-state index is -1.23. The Balaban J connectivity index is 1.16.